The Labute approximate surface area is 129 Å². The summed E-state index contributed by atoms with van der Waals surface area (Å²) in [4.78, 5) is 36.5. The van der Waals surface area contributed by atoms with Crippen molar-refractivity contribution < 1.29 is 19.5 Å². The molecular weight excluding hydrogens is 284 g/mol. The van der Waals surface area contributed by atoms with Gasteiger partial charge in [0.2, 0.25) is 0 Å². The smallest absolute Gasteiger partial charge is 0.305 e. The van der Waals surface area contributed by atoms with Crippen molar-refractivity contribution in [2.75, 3.05) is 19.6 Å². The highest BCUT2D eigenvalue weighted by atomic mass is 16.4. The Hall–Kier alpha value is -2.37. The van der Waals surface area contributed by atoms with Crippen LogP contribution in [-0.2, 0) is 4.79 Å². The highest BCUT2D eigenvalue weighted by Gasteiger charge is 2.21. The molecule has 0 aromatic heterocycles. The number of benzene rings is 1. The minimum atomic E-state index is -0.956. The summed E-state index contributed by atoms with van der Waals surface area (Å²) in [5.74, 6) is -1.28. The second-order valence-electron chi connectivity index (χ2n) is 5.43. The van der Waals surface area contributed by atoms with Gasteiger partial charge in [0.25, 0.3) is 11.8 Å². The largest absolute Gasteiger partial charge is 0.481 e. The van der Waals surface area contributed by atoms with E-state index in [0.29, 0.717) is 11.1 Å². The predicted octanol–water partition coefficient (Wildman–Crippen LogP) is 1.44. The van der Waals surface area contributed by atoms with E-state index in [4.69, 9.17) is 5.11 Å². The van der Waals surface area contributed by atoms with Crippen LogP contribution in [0.3, 0.4) is 0 Å². The van der Waals surface area contributed by atoms with Crippen LogP contribution in [0, 0.1) is 6.92 Å². The molecule has 0 saturated carbocycles. The number of aryl methyl sites for hydroxylation is 1. The minimum absolute atomic E-state index is 0.00725. The van der Waals surface area contributed by atoms with E-state index in [1.807, 2.05) is 4.90 Å². The van der Waals surface area contributed by atoms with Crippen LogP contribution in [0.25, 0.3) is 0 Å². The van der Waals surface area contributed by atoms with Gasteiger partial charge in [0.1, 0.15) is 0 Å². The molecule has 2 amide bonds. The molecule has 1 aliphatic heterocycles. The van der Waals surface area contributed by atoms with E-state index >= 15 is 0 Å². The van der Waals surface area contributed by atoms with E-state index < -0.39 is 5.97 Å². The lowest BCUT2D eigenvalue weighted by atomic mass is 10.0. The summed E-state index contributed by atoms with van der Waals surface area (Å²) in [6.07, 6.45) is 1.96. The fraction of sp³-hybridized carbons (Fsp3) is 0.438. The zero-order chi connectivity index (χ0) is 16.1. The van der Waals surface area contributed by atoms with Crippen LogP contribution < -0.4 is 5.32 Å². The highest BCUT2D eigenvalue weighted by molar-refractivity contribution is 5.99. The number of amides is 2. The number of carboxylic acid groups (broad SMARTS) is 1. The third-order valence-electron chi connectivity index (χ3n) is 3.74. The fourth-order valence-electron chi connectivity index (χ4n) is 2.52. The van der Waals surface area contributed by atoms with Gasteiger partial charge in [-0.3, -0.25) is 14.4 Å². The monoisotopic (exact) mass is 304 g/mol. The molecule has 6 heteroatoms. The van der Waals surface area contributed by atoms with E-state index in [0.717, 1.165) is 31.5 Å². The van der Waals surface area contributed by atoms with Crippen molar-refractivity contribution >= 4 is 17.8 Å². The third kappa shape index (κ3) is 3.84. The average molecular weight is 304 g/mol. The molecule has 118 valence electrons. The number of rotatable bonds is 5. The molecule has 1 aromatic rings. The van der Waals surface area contributed by atoms with E-state index in [1.54, 1.807) is 25.1 Å². The predicted molar refractivity (Wildman–Crippen MR) is 80.9 cm³/mol. The summed E-state index contributed by atoms with van der Waals surface area (Å²) < 4.78 is 0. The Bertz CT molecular complexity index is 592. The Morgan fingerprint density at radius 2 is 1.91 bits per heavy atom. The highest BCUT2D eigenvalue weighted by Crippen LogP contribution is 2.17. The maximum atomic E-state index is 12.4. The van der Waals surface area contributed by atoms with Crippen LogP contribution in [0.15, 0.2) is 18.2 Å². The van der Waals surface area contributed by atoms with Gasteiger partial charge >= 0.3 is 5.97 Å². The summed E-state index contributed by atoms with van der Waals surface area (Å²) in [6.45, 7) is 3.46. The number of hydrogen-bond donors (Lipinski definition) is 2. The van der Waals surface area contributed by atoms with Crippen molar-refractivity contribution in [2.45, 2.75) is 26.2 Å². The summed E-state index contributed by atoms with van der Waals surface area (Å²) >= 11 is 0. The second-order valence-corrected chi connectivity index (χ2v) is 5.43. The number of carbonyl (C=O) groups excluding carboxylic acids is 2. The number of hydrogen-bond acceptors (Lipinski definition) is 3. The zero-order valence-corrected chi connectivity index (χ0v) is 12.6. The van der Waals surface area contributed by atoms with Crippen molar-refractivity contribution in [2.24, 2.45) is 0 Å². The van der Waals surface area contributed by atoms with Crippen LogP contribution in [0.2, 0.25) is 0 Å². The first kappa shape index (κ1) is 16.0. The van der Waals surface area contributed by atoms with Gasteiger partial charge in [0.05, 0.1) is 6.42 Å². The van der Waals surface area contributed by atoms with Gasteiger partial charge in [-0.25, -0.2) is 0 Å². The number of likely N-dealkylation sites (tertiary alicyclic amines) is 1. The van der Waals surface area contributed by atoms with E-state index in [9.17, 15) is 14.4 Å². The maximum absolute atomic E-state index is 12.4. The lowest BCUT2D eigenvalue weighted by Gasteiger charge is -2.17. The first-order chi connectivity index (χ1) is 10.5. The minimum Gasteiger partial charge on any atom is -0.481 e. The van der Waals surface area contributed by atoms with Gasteiger partial charge in [0.15, 0.2) is 0 Å². The molecule has 1 fully saturated rings. The Morgan fingerprint density at radius 1 is 1.23 bits per heavy atom. The molecule has 1 saturated heterocycles. The Balaban J connectivity index is 2.03. The van der Waals surface area contributed by atoms with Gasteiger partial charge < -0.3 is 15.3 Å². The first-order valence-electron chi connectivity index (χ1n) is 7.39. The van der Waals surface area contributed by atoms with E-state index in [-0.39, 0.29) is 24.8 Å². The molecule has 0 unspecified atom stereocenters. The quantitative estimate of drug-likeness (QED) is 0.861. The van der Waals surface area contributed by atoms with Crippen LogP contribution >= 0.6 is 0 Å². The SMILES string of the molecule is Cc1cc(C(=O)NCCC(=O)O)ccc1C(=O)N1CCCC1. The van der Waals surface area contributed by atoms with Gasteiger partial charge in [-0.15, -0.1) is 0 Å². The molecule has 2 rings (SSSR count). The molecule has 0 atom stereocenters. The lowest BCUT2D eigenvalue weighted by Crippen LogP contribution is -2.29. The van der Waals surface area contributed by atoms with Crippen LogP contribution in [-0.4, -0.2) is 47.4 Å². The molecule has 0 bridgehead atoms. The topological polar surface area (TPSA) is 86.7 Å². The molecule has 22 heavy (non-hydrogen) atoms. The molecular formula is C16H20N2O4. The molecule has 0 aliphatic carbocycles. The number of nitrogens with zero attached hydrogens (tertiary/aromatic N) is 1. The molecule has 6 nitrogen and oxygen atoms in total. The van der Waals surface area contributed by atoms with Crippen molar-refractivity contribution in [3.8, 4) is 0 Å². The number of nitrogens with one attached hydrogen (secondary N) is 1. The molecule has 1 aliphatic rings. The summed E-state index contributed by atoms with van der Waals surface area (Å²) in [5.41, 5.74) is 1.80. The van der Waals surface area contributed by atoms with Crippen molar-refractivity contribution in [1.29, 1.82) is 0 Å². The normalized spacial score (nSPS) is 14.0. The summed E-state index contributed by atoms with van der Waals surface area (Å²) in [7, 11) is 0. The van der Waals surface area contributed by atoms with Gasteiger partial charge in [-0.2, -0.15) is 0 Å². The fourth-order valence-corrected chi connectivity index (χ4v) is 2.52. The Morgan fingerprint density at radius 3 is 2.50 bits per heavy atom. The molecule has 0 radical (unpaired) electrons. The van der Waals surface area contributed by atoms with E-state index in [1.165, 1.54) is 0 Å². The van der Waals surface area contributed by atoms with Crippen molar-refractivity contribution in [3.63, 3.8) is 0 Å². The van der Waals surface area contributed by atoms with Gasteiger partial charge in [-0.1, -0.05) is 0 Å². The Kier molecular flexibility index (Phi) is 5.14. The van der Waals surface area contributed by atoms with Crippen molar-refractivity contribution in [3.05, 3.63) is 34.9 Å². The van der Waals surface area contributed by atoms with Crippen LogP contribution in [0.4, 0.5) is 0 Å². The summed E-state index contributed by atoms with van der Waals surface area (Å²) in [5, 5.41) is 11.1. The molecule has 2 N–H and O–H groups in total. The first-order valence-corrected chi connectivity index (χ1v) is 7.39. The number of carbonyl (C=O) groups is 3. The zero-order valence-electron chi connectivity index (χ0n) is 12.6. The number of aliphatic carboxylic acids is 1. The standard InChI is InChI=1S/C16H20N2O4/c1-11-10-12(15(21)17-7-6-14(19)20)4-5-13(11)16(22)18-8-2-3-9-18/h4-5,10H,2-3,6-9H2,1H3,(H,17,21)(H,19,20). The number of carboxylic acids is 1. The maximum Gasteiger partial charge on any atom is 0.305 e. The van der Waals surface area contributed by atoms with E-state index in [2.05, 4.69) is 5.32 Å². The van der Waals surface area contributed by atoms with Crippen LogP contribution in [0.1, 0.15) is 45.5 Å². The van der Waals surface area contributed by atoms with Crippen molar-refractivity contribution in [1.82, 2.24) is 10.2 Å². The molecule has 0 spiro atoms. The third-order valence-corrected chi connectivity index (χ3v) is 3.74. The van der Waals surface area contributed by atoms with Gasteiger partial charge in [-0.05, 0) is 43.5 Å². The lowest BCUT2D eigenvalue weighted by molar-refractivity contribution is -0.136. The van der Waals surface area contributed by atoms with Crippen LogP contribution in [0.5, 0.6) is 0 Å². The van der Waals surface area contributed by atoms with Gasteiger partial charge in [0, 0.05) is 30.8 Å². The molecule has 1 aromatic carbocycles. The molecule has 1 heterocycles. The second kappa shape index (κ2) is 7.06. The summed E-state index contributed by atoms with van der Waals surface area (Å²) in [6, 6.07) is 4.94. The average Bonchev–Trinajstić information content (AvgIpc) is 3.00.